The normalized spacial score (nSPS) is 15.0. The van der Waals surface area contributed by atoms with Gasteiger partial charge in [0.05, 0.1) is 33.4 Å². The molecule has 0 spiro atoms. The predicted molar refractivity (Wildman–Crippen MR) is 110 cm³/mol. The zero-order valence-corrected chi connectivity index (χ0v) is 19.6. The van der Waals surface area contributed by atoms with E-state index in [2.05, 4.69) is 31.5 Å². The molecule has 1 aliphatic rings. The first-order valence-electron chi connectivity index (χ1n) is 9.42. The van der Waals surface area contributed by atoms with Crippen LogP contribution in [-0.2, 0) is 11.3 Å². The largest absolute Gasteiger partial charge is 1.00 e. The van der Waals surface area contributed by atoms with Crippen LogP contribution in [0.15, 0.2) is 42.5 Å². The average Bonchev–Trinajstić information content (AvgIpc) is 2.64. The van der Waals surface area contributed by atoms with Crippen LogP contribution in [0.4, 0.5) is 5.69 Å². The Hall–Kier alpha value is -1.15. The summed E-state index contributed by atoms with van der Waals surface area (Å²) >= 11 is 5.97. The lowest BCUT2D eigenvalue weighted by molar-refractivity contribution is -0.929. The number of quaternary nitrogens is 1. The molecule has 28 heavy (non-hydrogen) atoms. The van der Waals surface area contributed by atoms with Gasteiger partial charge in [-0.15, -0.1) is 0 Å². The number of carbonyl (C=O) groups is 1. The van der Waals surface area contributed by atoms with Crippen LogP contribution in [-0.4, -0.2) is 43.7 Å². The van der Waals surface area contributed by atoms with Crippen LogP contribution in [0.3, 0.4) is 0 Å². The van der Waals surface area contributed by atoms with Crippen molar-refractivity contribution in [1.29, 1.82) is 0 Å². The lowest BCUT2D eigenvalue weighted by Crippen LogP contribution is -3.00. The Kier molecular flexibility index (Phi) is 8.30. The lowest BCUT2D eigenvalue weighted by atomic mass is 10.0. The highest BCUT2D eigenvalue weighted by Crippen LogP contribution is 2.23. The summed E-state index contributed by atoms with van der Waals surface area (Å²) in [5.41, 5.74) is 3.58. The molecule has 152 valence electrons. The molecule has 1 saturated heterocycles. The van der Waals surface area contributed by atoms with Crippen LogP contribution in [0, 0.1) is 6.92 Å². The summed E-state index contributed by atoms with van der Waals surface area (Å²) in [6.45, 7) is 4.58. The number of benzene rings is 2. The van der Waals surface area contributed by atoms with Gasteiger partial charge < -0.3 is 38.5 Å². The van der Waals surface area contributed by atoms with Crippen molar-refractivity contribution in [3.8, 4) is 0 Å². The van der Waals surface area contributed by atoms with Crippen LogP contribution in [0.2, 0.25) is 5.02 Å². The van der Waals surface area contributed by atoms with Gasteiger partial charge in [-0.25, -0.2) is 0 Å². The summed E-state index contributed by atoms with van der Waals surface area (Å²) in [5.74, 6) is -0.116. The summed E-state index contributed by atoms with van der Waals surface area (Å²) in [6.07, 6.45) is 2.23. The first-order valence-corrected chi connectivity index (χ1v) is 9.80. The molecule has 2 aromatic carbocycles. The third-order valence-electron chi connectivity index (χ3n) is 5.41. The fourth-order valence-corrected chi connectivity index (χ4v) is 3.98. The predicted octanol–water partition coefficient (Wildman–Crippen LogP) is 1.66. The average molecular weight is 515 g/mol. The monoisotopic (exact) mass is 514 g/mol. The van der Waals surface area contributed by atoms with E-state index < -0.39 is 0 Å². The van der Waals surface area contributed by atoms with Crippen LogP contribution in [0.5, 0.6) is 0 Å². The number of hydrogen-bond donors (Lipinski definition) is 1. The van der Waals surface area contributed by atoms with Gasteiger partial charge in [0, 0.05) is 34.7 Å². The molecule has 0 saturated carbocycles. The van der Waals surface area contributed by atoms with E-state index >= 15 is 0 Å². The van der Waals surface area contributed by atoms with E-state index in [9.17, 15) is 4.79 Å². The standard InChI is InChI=1S/C22H27ClN2O2.HI/c1-16-14-18(23)6-9-21(16)22(26)24-19-7-4-17(5-8-19)15-25(2,3)20-10-12-27-13-11-20;/h4-9,14,20H,10-13,15H2,1-3H3;1H. The lowest BCUT2D eigenvalue weighted by Gasteiger charge is -2.40. The van der Waals surface area contributed by atoms with Gasteiger partial charge in [-0.05, 0) is 42.8 Å². The van der Waals surface area contributed by atoms with E-state index in [1.165, 1.54) is 5.56 Å². The second-order valence-electron chi connectivity index (χ2n) is 7.89. The van der Waals surface area contributed by atoms with Crippen molar-refractivity contribution in [3.05, 3.63) is 64.2 Å². The summed E-state index contributed by atoms with van der Waals surface area (Å²) in [7, 11) is 4.57. The van der Waals surface area contributed by atoms with Gasteiger partial charge in [-0.3, -0.25) is 4.79 Å². The third-order valence-corrected chi connectivity index (χ3v) is 5.65. The number of halogens is 2. The van der Waals surface area contributed by atoms with Gasteiger partial charge in [0.2, 0.25) is 0 Å². The van der Waals surface area contributed by atoms with E-state index in [0.29, 0.717) is 16.6 Å². The van der Waals surface area contributed by atoms with Gasteiger partial charge in [0.15, 0.2) is 0 Å². The molecule has 4 nitrogen and oxygen atoms in total. The minimum atomic E-state index is -0.116. The van der Waals surface area contributed by atoms with Crippen LogP contribution in [0.25, 0.3) is 0 Å². The van der Waals surface area contributed by atoms with E-state index in [1.807, 2.05) is 19.1 Å². The topological polar surface area (TPSA) is 38.3 Å². The van der Waals surface area contributed by atoms with Crippen molar-refractivity contribution in [2.24, 2.45) is 0 Å². The molecule has 1 N–H and O–H groups in total. The van der Waals surface area contributed by atoms with E-state index in [-0.39, 0.29) is 29.9 Å². The Morgan fingerprint density at radius 2 is 1.79 bits per heavy atom. The van der Waals surface area contributed by atoms with Crippen LogP contribution >= 0.6 is 11.6 Å². The number of carbonyl (C=O) groups excluding carboxylic acids is 1. The van der Waals surface area contributed by atoms with Gasteiger partial charge in [-0.2, -0.15) is 0 Å². The smallest absolute Gasteiger partial charge is 0.255 e. The molecule has 0 bridgehead atoms. The first-order chi connectivity index (χ1) is 12.8. The van der Waals surface area contributed by atoms with Crippen molar-refractivity contribution in [2.45, 2.75) is 32.4 Å². The number of rotatable bonds is 5. The maximum atomic E-state index is 12.5. The number of ether oxygens (including phenoxy) is 1. The van der Waals surface area contributed by atoms with Crippen molar-refractivity contribution in [2.75, 3.05) is 32.6 Å². The van der Waals surface area contributed by atoms with Crippen molar-refractivity contribution >= 4 is 23.2 Å². The summed E-state index contributed by atoms with van der Waals surface area (Å²) < 4.78 is 6.45. The zero-order chi connectivity index (χ0) is 19.4. The van der Waals surface area contributed by atoms with Gasteiger partial charge in [0.1, 0.15) is 6.54 Å². The molecule has 6 heteroatoms. The molecule has 0 radical (unpaired) electrons. The van der Waals surface area contributed by atoms with Crippen LogP contribution < -0.4 is 29.3 Å². The first kappa shape index (κ1) is 23.1. The SMILES string of the molecule is Cc1cc(Cl)ccc1C(=O)Nc1ccc(C[N+](C)(C)C2CCOCC2)cc1.[I-]. The number of anilines is 1. The van der Waals surface area contributed by atoms with Gasteiger partial charge in [0.25, 0.3) is 5.91 Å². The second-order valence-corrected chi connectivity index (χ2v) is 8.33. The molecule has 2 aromatic rings. The Morgan fingerprint density at radius 1 is 1.14 bits per heavy atom. The second kappa shape index (κ2) is 10.1. The molecule has 1 heterocycles. The minimum absolute atomic E-state index is 0. The zero-order valence-electron chi connectivity index (χ0n) is 16.7. The molecule has 0 unspecified atom stereocenters. The molecule has 0 aliphatic carbocycles. The highest BCUT2D eigenvalue weighted by Gasteiger charge is 2.30. The Labute approximate surface area is 189 Å². The van der Waals surface area contributed by atoms with Crippen molar-refractivity contribution < 1.29 is 38.0 Å². The van der Waals surface area contributed by atoms with Gasteiger partial charge >= 0.3 is 0 Å². The molecular formula is C22H28ClIN2O2. The maximum Gasteiger partial charge on any atom is 0.255 e. The molecule has 1 aliphatic heterocycles. The third kappa shape index (κ3) is 5.92. The minimum Gasteiger partial charge on any atom is -1.00 e. The van der Waals surface area contributed by atoms with E-state index in [4.69, 9.17) is 16.3 Å². The number of hydrogen-bond acceptors (Lipinski definition) is 2. The van der Waals surface area contributed by atoms with E-state index in [1.54, 1.807) is 18.2 Å². The Morgan fingerprint density at radius 3 is 2.39 bits per heavy atom. The summed E-state index contributed by atoms with van der Waals surface area (Å²) in [4.78, 5) is 12.5. The van der Waals surface area contributed by atoms with E-state index in [0.717, 1.165) is 48.3 Å². The van der Waals surface area contributed by atoms with Crippen LogP contribution in [0.1, 0.15) is 34.3 Å². The number of amides is 1. The highest BCUT2D eigenvalue weighted by atomic mass is 127. The summed E-state index contributed by atoms with van der Waals surface area (Å²) in [5, 5.41) is 3.61. The number of nitrogens with zero attached hydrogens (tertiary/aromatic N) is 1. The molecular weight excluding hydrogens is 487 g/mol. The fraction of sp³-hybridized carbons (Fsp3) is 0.409. The Balaban J connectivity index is 0.00000280. The quantitative estimate of drug-likeness (QED) is 0.487. The summed E-state index contributed by atoms with van der Waals surface area (Å²) in [6, 6.07) is 14.1. The molecule has 0 atom stereocenters. The van der Waals surface area contributed by atoms with Crippen molar-refractivity contribution in [3.63, 3.8) is 0 Å². The van der Waals surface area contributed by atoms with Gasteiger partial charge in [-0.1, -0.05) is 23.7 Å². The molecule has 1 fully saturated rings. The molecule has 0 aromatic heterocycles. The number of nitrogens with one attached hydrogen (secondary N) is 1. The van der Waals surface area contributed by atoms with Crippen molar-refractivity contribution in [1.82, 2.24) is 0 Å². The number of aryl methyl sites for hydroxylation is 1. The highest BCUT2D eigenvalue weighted by molar-refractivity contribution is 6.30. The Bertz CT molecular complexity index is 803. The molecule has 1 amide bonds. The fourth-order valence-electron chi connectivity index (χ4n) is 3.76. The molecule has 3 rings (SSSR count). The maximum absolute atomic E-state index is 12.5.